The molecule has 0 saturated heterocycles. The SMILES string of the molecule is O=c1ccccc2cc3c(cc12)C=CC3. The molecule has 0 N–H and O–H groups in total. The molecule has 2 aromatic rings. The average molecular weight is 194 g/mol. The summed E-state index contributed by atoms with van der Waals surface area (Å²) in [7, 11) is 0. The van der Waals surface area contributed by atoms with Gasteiger partial charge in [0.25, 0.3) is 0 Å². The number of hydrogen-bond acceptors (Lipinski definition) is 1. The Hall–Kier alpha value is -1.89. The van der Waals surface area contributed by atoms with E-state index in [1.54, 1.807) is 12.1 Å². The van der Waals surface area contributed by atoms with Crippen LogP contribution in [0.2, 0.25) is 0 Å². The molecule has 72 valence electrons. The number of benzene rings is 1. The molecule has 0 amide bonds. The van der Waals surface area contributed by atoms with Gasteiger partial charge < -0.3 is 0 Å². The second kappa shape index (κ2) is 3.06. The molecular weight excluding hydrogens is 184 g/mol. The van der Waals surface area contributed by atoms with E-state index in [1.807, 2.05) is 18.2 Å². The van der Waals surface area contributed by atoms with Crippen molar-refractivity contribution in [2.24, 2.45) is 0 Å². The van der Waals surface area contributed by atoms with Gasteiger partial charge in [-0.05, 0) is 35.1 Å². The third-order valence-corrected chi connectivity index (χ3v) is 2.85. The van der Waals surface area contributed by atoms with Crippen LogP contribution in [0.1, 0.15) is 11.1 Å². The van der Waals surface area contributed by atoms with Gasteiger partial charge in [0.2, 0.25) is 0 Å². The van der Waals surface area contributed by atoms with Gasteiger partial charge in [0.05, 0.1) is 0 Å². The molecule has 0 radical (unpaired) electrons. The normalized spacial score (nSPS) is 13.1. The lowest BCUT2D eigenvalue weighted by molar-refractivity contribution is 1.32. The topological polar surface area (TPSA) is 17.1 Å². The summed E-state index contributed by atoms with van der Waals surface area (Å²) >= 11 is 0. The summed E-state index contributed by atoms with van der Waals surface area (Å²) in [6.45, 7) is 0. The third kappa shape index (κ3) is 1.28. The Morgan fingerprint density at radius 2 is 1.93 bits per heavy atom. The van der Waals surface area contributed by atoms with Crippen molar-refractivity contribution in [3.63, 3.8) is 0 Å². The fraction of sp³-hybridized carbons (Fsp3) is 0.0714. The van der Waals surface area contributed by atoms with Crippen molar-refractivity contribution >= 4 is 16.8 Å². The molecule has 3 rings (SSSR count). The molecule has 1 aliphatic carbocycles. The summed E-state index contributed by atoms with van der Waals surface area (Å²) < 4.78 is 0. The summed E-state index contributed by atoms with van der Waals surface area (Å²) in [6.07, 6.45) is 5.20. The molecule has 1 heteroatoms. The Morgan fingerprint density at radius 1 is 1.07 bits per heavy atom. The zero-order valence-electron chi connectivity index (χ0n) is 8.23. The number of allylic oxidation sites excluding steroid dienone is 1. The first kappa shape index (κ1) is 8.42. The van der Waals surface area contributed by atoms with Gasteiger partial charge >= 0.3 is 0 Å². The van der Waals surface area contributed by atoms with E-state index in [0.717, 1.165) is 17.2 Å². The highest BCUT2D eigenvalue weighted by Crippen LogP contribution is 2.23. The molecule has 0 unspecified atom stereocenters. The van der Waals surface area contributed by atoms with Crippen LogP contribution in [0, 0.1) is 0 Å². The van der Waals surface area contributed by atoms with Gasteiger partial charge in [0.15, 0.2) is 5.43 Å². The van der Waals surface area contributed by atoms with Crippen LogP contribution in [-0.4, -0.2) is 0 Å². The largest absolute Gasteiger partial charge is 0.289 e. The smallest absolute Gasteiger partial charge is 0.186 e. The van der Waals surface area contributed by atoms with Crippen molar-refractivity contribution in [1.82, 2.24) is 0 Å². The molecule has 2 aromatic carbocycles. The lowest BCUT2D eigenvalue weighted by Gasteiger charge is -1.99. The Kier molecular flexibility index (Phi) is 1.72. The van der Waals surface area contributed by atoms with E-state index in [0.29, 0.717) is 0 Å². The van der Waals surface area contributed by atoms with Crippen LogP contribution in [-0.2, 0) is 6.42 Å². The summed E-state index contributed by atoms with van der Waals surface area (Å²) in [5, 5.41) is 1.85. The minimum absolute atomic E-state index is 0.0955. The van der Waals surface area contributed by atoms with E-state index >= 15 is 0 Å². The van der Waals surface area contributed by atoms with Crippen molar-refractivity contribution in [2.45, 2.75) is 6.42 Å². The van der Waals surface area contributed by atoms with Crippen LogP contribution in [0.5, 0.6) is 0 Å². The summed E-state index contributed by atoms with van der Waals surface area (Å²) in [6, 6.07) is 11.4. The van der Waals surface area contributed by atoms with Gasteiger partial charge in [-0.15, -0.1) is 0 Å². The van der Waals surface area contributed by atoms with Crippen molar-refractivity contribution in [3.8, 4) is 0 Å². The Bertz CT molecular complexity index is 624. The molecular formula is C14H10O. The first-order valence-corrected chi connectivity index (χ1v) is 5.07. The van der Waals surface area contributed by atoms with E-state index in [9.17, 15) is 4.79 Å². The van der Waals surface area contributed by atoms with E-state index < -0.39 is 0 Å². The Balaban J connectivity index is 2.51. The van der Waals surface area contributed by atoms with E-state index in [1.165, 1.54) is 11.1 Å². The van der Waals surface area contributed by atoms with Crippen LogP contribution < -0.4 is 5.43 Å². The molecule has 0 aromatic heterocycles. The van der Waals surface area contributed by atoms with Crippen LogP contribution in [0.4, 0.5) is 0 Å². The lowest BCUT2D eigenvalue weighted by atomic mass is 10.0. The van der Waals surface area contributed by atoms with Crippen LogP contribution >= 0.6 is 0 Å². The number of rotatable bonds is 0. The van der Waals surface area contributed by atoms with Crippen LogP contribution in [0.3, 0.4) is 0 Å². The second-order valence-corrected chi connectivity index (χ2v) is 3.83. The standard InChI is InChI=1S/C14H10O/c15-14-7-2-1-4-12-8-10-5-3-6-11(10)9-13(12)14/h1-4,6-9H,5H2. The number of fused-ring (bicyclic) bond motifs is 2. The average Bonchev–Trinajstić information content (AvgIpc) is 2.62. The van der Waals surface area contributed by atoms with Gasteiger partial charge in [0.1, 0.15) is 0 Å². The van der Waals surface area contributed by atoms with Crippen molar-refractivity contribution < 1.29 is 0 Å². The van der Waals surface area contributed by atoms with Crippen LogP contribution in [0.25, 0.3) is 16.8 Å². The van der Waals surface area contributed by atoms with Gasteiger partial charge in [0, 0.05) is 5.39 Å². The third-order valence-electron chi connectivity index (χ3n) is 2.85. The second-order valence-electron chi connectivity index (χ2n) is 3.83. The van der Waals surface area contributed by atoms with Crippen LogP contribution in [0.15, 0.2) is 47.3 Å². The summed E-state index contributed by atoms with van der Waals surface area (Å²) in [4.78, 5) is 11.8. The van der Waals surface area contributed by atoms with Gasteiger partial charge in [-0.1, -0.05) is 36.4 Å². The van der Waals surface area contributed by atoms with E-state index in [2.05, 4.69) is 18.2 Å². The van der Waals surface area contributed by atoms with Gasteiger partial charge in [-0.25, -0.2) is 0 Å². The lowest BCUT2D eigenvalue weighted by Crippen LogP contribution is -1.95. The molecule has 0 aliphatic heterocycles. The van der Waals surface area contributed by atoms with Gasteiger partial charge in [-0.3, -0.25) is 4.79 Å². The van der Waals surface area contributed by atoms with Crippen molar-refractivity contribution in [3.05, 3.63) is 63.8 Å². The molecule has 15 heavy (non-hydrogen) atoms. The molecule has 0 bridgehead atoms. The zero-order valence-corrected chi connectivity index (χ0v) is 8.23. The molecule has 1 nitrogen and oxygen atoms in total. The zero-order chi connectivity index (χ0) is 10.3. The van der Waals surface area contributed by atoms with Gasteiger partial charge in [-0.2, -0.15) is 0 Å². The highest BCUT2D eigenvalue weighted by atomic mass is 16.1. The Labute approximate surface area is 87.7 Å². The molecule has 0 heterocycles. The van der Waals surface area contributed by atoms with E-state index in [-0.39, 0.29) is 5.43 Å². The minimum atomic E-state index is 0.0955. The highest BCUT2D eigenvalue weighted by Gasteiger charge is 2.06. The summed E-state index contributed by atoms with van der Waals surface area (Å²) in [5.74, 6) is 0. The maximum absolute atomic E-state index is 11.8. The van der Waals surface area contributed by atoms with Crippen molar-refractivity contribution in [1.29, 1.82) is 0 Å². The fourth-order valence-corrected chi connectivity index (χ4v) is 2.07. The quantitative estimate of drug-likeness (QED) is 0.630. The highest BCUT2D eigenvalue weighted by molar-refractivity contribution is 5.86. The maximum Gasteiger partial charge on any atom is 0.186 e. The molecule has 0 fully saturated rings. The molecule has 1 aliphatic rings. The fourth-order valence-electron chi connectivity index (χ4n) is 2.07. The first-order valence-electron chi connectivity index (χ1n) is 5.07. The summed E-state index contributed by atoms with van der Waals surface area (Å²) in [5.41, 5.74) is 2.59. The Morgan fingerprint density at radius 3 is 2.87 bits per heavy atom. The molecule has 0 spiro atoms. The maximum atomic E-state index is 11.8. The monoisotopic (exact) mass is 194 g/mol. The first-order chi connectivity index (χ1) is 7.34. The molecule has 0 atom stereocenters. The van der Waals surface area contributed by atoms with Crippen molar-refractivity contribution in [2.75, 3.05) is 0 Å². The number of hydrogen-bond donors (Lipinski definition) is 0. The predicted octanol–water partition coefficient (Wildman–Crippen LogP) is 2.77. The predicted molar refractivity (Wildman–Crippen MR) is 63.0 cm³/mol. The molecule has 0 saturated carbocycles. The van der Waals surface area contributed by atoms with E-state index in [4.69, 9.17) is 0 Å². The minimum Gasteiger partial charge on any atom is -0.289 e.